The summed E-state index contributed by atoms with van der Waals surface area (Å²) in [6.07, 6.45) is 0.449. The van der Waals surface area contributed by atoms with Crippen molar-refractivity contribution in [1.29, 1.82) is 0 Å². The van der Waals surface area contributed by atoms with E-state index < -0.39 is 6.10 Å². The van der Waals surface area contributed by atoms with E-state index in [-0.39, 0.29) is 30.0 Å². The van der Waals surface area contributed by atoms with Crippen molar-refractivity contribution in [2.24, 2.45) is 0 Å². The third-order valence-corrected chi connectivity index (χ3v) is 5.71. The number of phenolic OH excluding ortho intramolecular Hbond substituents is 2. The van der Waals surface area contributed by atoms with Gasteiger partial charge in [-0.05, 0) is 66.8 Å². The summed E-state index contributed by atoms with van der Waals surface area (Å²) in [5.74, 6) is -0.332. The first-order valence-electron chi connectivity index (χ1n) is 10.9. The summed E-state index contributed by atoms with van der Waals surface area (Å²) in [5, 5.41) is 36.4. The average molecular weight is 469 g/mol. The van der Waals surface area contributed by atoms with Gasteiger partial charge in [0.1, 0.15) is 11.5 Å². The van der Waals surface area contributed by atoms with Crippen molar-refractivity contribution in [3.8, 4) is 11.5 Å². The van der Waals surface area contributed by atoms with Gasteiger partial charge in [0.15, 0.2) is 0 Å². The van der Waals surface area contributed by atoms with Crippen molar-refractivity contribution in [3.05, 3.63) is 94.0 Å². The van der Waals surface area contributed by atoms with Crippen molar-refractivity contribution in [2.75, 3.05) is 13.1 Å². The first-order valence-corrected chi connectivity index (χ1v) is 11.2. The average Bonchev–Trinajstić information content (AvgIpc) is 2.78. The molecule has 0 bridgehead atoms. The Morgan fingerprint density at radius 3 is 2.45 bits per heavy atom. The van der Waals surface area contributed by atoms with Crippen LogP contribution in [0, 0.1) is 0 Å². The number of hydrogen-bond acceptors (Lipinski definition) is 5. The van der Waals surface area contributed by atoms with Gasteiger partial charge in [-0.2, -0.15) is 0 Å². The molecule has 2 atom stereocenters. The van der Waals surface area contributed by atoms with Crippen LogP contribution in [0.2, 0.25) is 5.02 Å². The Labute approximate surface area is 198 Å². The topological polar surface area (TPSA) is 102 Å². The molecule has 0 fully saturated rings. The Morgan fingerprint density at radius 2 is 1.73 bits per heavy atom. The van der Waals surface area contributed by atoms with Gasteiger partial charge in [0.05, 0.1) is 6.10 Å². The SMILES string of the molecule is C[C@H](Cc1cccc(C(=O)NCCc2ccccc2Cl)c1)NCC(O)c1cc(O)cc(O)c1. The van der Waals surface area contributed by atoms with Gasteiger partial charge in [0.25, 0.3) is 5.91 Å². The van der Waals surface area contributed by atoms with Gasteiger partial charge < -0.3 is 26.0 Å². The molecule has 5 N–H and O–H groups in total. The number of phenols is 2. The third-order valence-electron chi connectivity index (χ3n) is 5.34. The summed E-state index contributed by atoms with van der Waals surface area (Å²) in [4.78, 5) is 12.6. The molecule has 0 heterocycles. The number of hydrogen-bond donors (Lipinski definition) is 5. The summed E-state index contributed by atoms with van der Waals surface area (Å²) >= 11 is 6.16. The van der Waals surface area contributed by atoms with Gasteiger partial charge in [-0.1, -0.05) is 41.9 Å². The summed E-state index contributed by atoms with van der Waals surface area (Å²) in [6, 6.07) is 19.1. The molecule has 33 heavy (non-hydrogen) atoms. The zero-order valence-corrected chi connectivity index (χ0v) is 19.2. The van der Waals surface area contributed by atoms with Crippen LogP contribution in [0.5, 0.6) is 11.5 Å². The summed E-state index contributed by atoms with van der Waals surface area (Å²) < 4.78 is 0. The van der Waals surface area contributed by atoms with Gasteiger partial charge in [-0.15, -0.1) is 0 Å². The summed E-state index contributed by atoms with van der Waals surface area (Å²) in [7, 11) is 0. The van der Waals surface area contributed by atoms with Crippen LogP contribution in [-0.4, -0.2) is 40.4 Å². The molecule has 1 unspecified atom stereocenters. The fourth-order valence-electron chi connectivity index (χ4n) is 3.62. The molecule has 0 aliphatic rings. The molecular weight excluding hydrogens is 440 g/mol. The number of benzene rings is 3. The fraction of sp³-hybridized carbons (Fsp3) is 0.269. The van der Waals surface area contributed by atoms with Crippen molar-refractivity contribution < 1.29 is 20.1 Å². The molecule has 0 spiro atoms. The molecule has 0 radical (unpaired) electrons. The van der Waals surface area contributed by atoms with Crippen LogP contribution in [0.1, 0.15) is 40.1 Å². The van der Waals surface area contributed by atoms with Gasteiger partial charge in [0, 0.05) is 35.8 Å². The molecule has 3 rings (SSSR count). The van der Waals surface area contributed by atoms with Crippen LogP contribution in [0.4, 0.5) is 0 Å². The molecule has 0 aromatic heterocycles. The zero-order valence-electron chi connectivity index (χ0n) is 18.5. The lowest BCUT2D eigenvalue weighted by Crippen LogP contribution is -2.32. The molecule has 3 aromatic rings. The Bertz CT molecular complexity index is 1070. The van der Waals surface area contributed by atoms with Gasteiger partial charge in [-0.25, -0.2) is 0 Å². The standard InChI is InChI=1S/C26H29ClN2O4/c1-17(29-16-25(32)21-13-22(30)15-23(31)14-21)11-18-5-4-7-20(12-18)26(33)28-10-9-19-6-2-3-8-24(19)27/h2-8,12-15,17,25,29-32H,9-11,16H2,1H3,(H,28,33)/t17-,25?/m1/s1. The van der Waals surface area contributed by atoms with E-state index >= 15 is 0 Å². The predicted molar refractivity (Wildman–Crippen MR) is 130 cm³/mol. The van der Waals surface area contributed by atoms with Crippen molar-refractivity contribution in [2.45, 2.75) is 31.9 Å². The number of aliphatic hydroxyl groups is 1. The smallest absolute Gasteiger partial charge is 0.251 e. The minimum absolute atomic E-state index is 0.0316. The molecule has 1 amide bonds. The number of halogens is 1. The first kappa shape index (κ1) is 24.6. The molecule has 6 nitrogen and oxygen atoms in total. The number of aromatic hydroxyl groups is 2. The number of carbonyl (C=O) groups excluding carboxylic acids is 1. The van der Waals surface area contributed by atoms with Crippen LogP contribution >= 0.6 is 11.6 Å². The quantitative estimate of drug-likeness (QED) is 0.310. The Hall–Kier alpha value is -3.06. The first-order chi connectivity index (χ1) is 15.8. The number of nitrogens with one attached hydrogen (secondary N) is 2. The molecule has 0 aliphatic carbocycles. The van der Waals surface area contributed by atoms with E-state index in [1.807, 2.05) is 49.4 Å². The molecule has 3 aromatic carbocycles. The van der Waals surface area contributed by atoms with E-state index in [0.29, 0.717) is 35.5 Å². The second-order valence-corrected chi connectivity index (χ2v) is 8.52. The molecule has 174 valence electrons. The van der Waals surface area contributed by atoms with Crippen LogP contribution in [0.15, 0.2) is 66.7 Å². The molecule has 0 saturated heterocycles. The third kappa shape index (κ3) is 7.49. The van der Waals surface area contributed by atoms with Gasteiger partial charge >= 0.3 is 0 Å². The Balaban J connectivity index is 1.49. The van der Waals surface area contributed by atoms with Crippen LogP contribution < -0.4 is 10.6 Å². The van der Waals surface area contributed by atoms with Crippen molar-refractivity contribution >= 4 is 17.5 Å². The second kappa shape index (κ2) is 11.7. The number of rotatable bonds is 10. The molecule has 7 heteroatoms. The summed E-state index contributed by atoms with van der Waals surface area (Å²) in [5.41, 5.74) is 3.02. The highest BCUT2D eigenvalue weighted by molar-refractivity contribution is 6.31. The highest BCUT2D eigenvalue weighted by atomic mass is 35.5. The Morgan fingerprint density at radius 1 is 1.00 bits per heavy atom. The lowest BCUT2D eigenvalue weighted by atomic mass is 10.0. The maximum Gasteiger partial charge on any atom is 0.251 e. The highest BCUT2D eigenvalue weighted by Gasteiger charge is 2.13. The normalized spacial score (nSPS) is 12.8. The maximum absolute atomic E-state index is 12.6. The van der Waals surface area contributed by atoms with E-state index in [1.54, 1.807) is 6.07 Å². The van der Waals surface area contributed by atoms with Crippen LogP contribution in [-0.2, 0) is 12.8 Å². The van der Waals surface area contributed by atoms with Gasteiger partial charge in [0.2, 0.25) is 0 Å². The number of carbonyl (C=O) groups is 1. The van der Waals surface area contributed by atoms with E-state index in [0.717, 1.165) is 11.1 Å². The monoisotopic (exact) mass is 468 g/mol. The van der Waals surface area contributed by atoms with Crippen molar-refractivity contribution in [1.82, 2.24) is 10.6 Å². The van der Waals surface area contributed by atoms with Crippen LogP contribution in [0.3, 0.4) is 0 Å². The molecule has 0 aliphatic heterocycles. The zero-order chi connectivity index (χ0) is 23.8. The lowest BCUT2D eigenvalue weighted by Gasteiger charge is -2.18. The van der Waals surface area contributed by atoms with Gasteiger partial charge in [-0.3, -0.25) is 4.79 Å². The largest absolute Gasteiger partial charge is 0.508 e. The van der Waals surface area contributed by atoms with E-state index in [4.69, 9.17) is 11.6 Å². The van der Waals surface area contributed by atoms with Crippen molar-refractivity contribution in [3.63, 3.8) is 0 Å². The number of aliphatic hydroxyl groups excluding tert-OH is 1. The van der Waals surface area contributed by atoms with E-state index in [9.17, 15) is 20.1 Å². The lowest BCUT2D eigenvalue weighted by molar-refractivity contribution is 0.0954. The fourth-order valence-corrected chi connectivity index (χ4v) is 3.85. The van der Waals surface area contributed by atoms with E-state index in [2.05, 4.69) is 10.6 Å². The minimum atomic E-state index is -0.874. The highest BCUT2D eigenvalue weighted by Crippen LogP contribution is 2.24. The van der Waals surface area contributed by atoms with E-state index in [1.165, 1.54) is 18.2 Å². The van der Waals surface area contributed by atoms with Crippen LogP contribution in [0.25, 0.3) is 0 Å². The summed E-state index contributed by atoms with van der Waals surface area (Å²) in [6.45, 7) is 2.74. The predicted octanol–water partition coefficient (Wildman–Crippen LogP) is 3.98. The molecule has 0 saturated carbocycles. The maximum atomic E-state index is 12.6. The Kier molecular flexibility index (Phi) is 8.72. The minimum Gasteiger partial charge on any atom is -0.508 e. The number of amides is 1. The second-order valence-electron chi connectivity index (χ2n) is 8.11. The molecular formula is C26H29ClN2O4.